The van der Waals surface area contributed by atoms with Crippen molar-refractivity contribution in [3.8, 4) is 5.75 Å². The van der Waals surface area contributed by atoms with Gasteiger partial charge in [0.1, 0.15) is 12.4 Å². The van der Waals surface area contributed by atoms with Gasteiger partial charge in [0.2, 0.25) is 0 Å². The monoisotopic (exact) mass is 683 g/mol. The van der Waals surface area contributed by atoms with E-state index in [9.17, 15) is 4.79 Å². The average molecular weight is 686 g/mol. The number of benzene rings is 4. The lowest BCUT2D eigenvalue weighted by Crippen LogP contribution is -2.33. The van der Waals surface area contributed by atoms with Crippen LogP contribution >= 0.6 is 55.1 Å². The molecule has 0 spiro atoms. The quantitative estimate of drug-likeness (QED) is 0.232. The van der Waals surface area contributed by atoms with Crippen LogP contribution in [-0.4, -0.2) is 5.78 Å². The molecule has 0 bridgehead atoms. The Morgan fingerprint density at radius 1 is 1.00 bits per heavy atom. The van der Waals surface area contributed by atoms with E-state index in [2.05, 4.69) is 87.4 Å². The molecule has 3 nitrogen and oxygen atoms in total. The van der Waals surface area contributed by atoms with E-state index in [4.69, 9.17) is 27.9 Å². The molecular weight excluding hydrogens is 661 g/mol. The largest absolute Gasteiger partial charge is 0.487 e. The highest BCUT2D eigenvalue weighted by molar-refractivity contribution is 9.11. The fourth-order valence-corrected chi connectivity index (χ4v) is 7.64. The highest BCUT2D eigenvalue weighted by Gasteiger charge is 2.41. The number of carbonyl (C=O) groups is 1. The molecule has 4 aromatic rings. The van der Waals surface area contributed by atoms with Crippen molar-refractivity contribution in [2.45, 2.75) is 39.3 Å². The zero-order valence-electron chi connectivity index (χ0n) is 21.4. The molecule has 0 saturated carbocycles. The zero-order chi connectivity index (χ0) is 27.5. The van der Waals surface area contributed by atoms with Crippen molar-refractivity contribution >= 4 is 82.9 Å². The van der Waals surface area contributed by atoms with Crippen molar-refractivity contribution in [1.29, 1.82) is 0 Å². The van der Waals surface area contributed by atoms with Crippen LogP contribution in [0.3, 0.4) is 0 Å². The molecule has 1 unspecified atom stereocenters. The first-order valence-electron chi connectivity index (χ1n) is 12.7. The van der Waals surface area contributed by atoms with Gasteiger partial charge in [-0.3, -0.25) is 4.79 Å². The SMILES string of the molecule is CC1(C)CC(=O)C2=C(C1)c1c(ccc3ccccc13)NC2c1cc(Br)cc(Br)c1OCc1ccc(Cl)cc1Cl. The number of nitrogens with one attached hydrogen (secondary N) is 1. The molecule has 4 aromatic carbocycles. The molecular formula is C32H25Br2Cl2NO2. The minimum absolute atomic E-state index is 0.130. The summed E-state index contributed by atoms with van der Waals surface area (Å²) in [5.74, 6) is 0.829. The van der Waals surface area contributed by atoms with Gasteiger partial charge in [-0.05, 0) is 74.4 Å². The fraction of sp³-hybridized carbons (Fsp3) is 0.219. The van der Waals surface area contributed by atoms with E-state index in [-0.39, 0.29) is 23.8 Å². The van der Waals surface area contributed by atoms with Crippen LogP contribution in [0.2, 0.25) is 10.0 Å². The molecule has 1 heterocycles. The van der Waals surface area contributed by atoms with Crippen LogP contribution in [-0.2, 0) is 11.4 Å². The predicted octanol–water partition coefficient (Wildman–Crippen LogP) is 10.6. The molecule has 39 heavy (non-hydrogen) atoms. The molecule has 7 heteroatoms. The molecule has 0 fully saturated rings. The van der Waals surface area contributed by atoms with E-state index in [1.165, 1.54) is 0 Å². The summed E-state index contributed by atoms with van der Waals surface area (Å²) in [5.41, 5.74) is 5.66. The number of halogens is 4. The Morgan fingerprint density at radius 2 is 1.79 bits per heavy atom. The first-order chi connectivity index (χ1) is 18.6. The highest BCUT2D eigenvalue weighted by atomic mass is 79.9. The number of allylic oxidation sites excluding steroid dienone is 1. The summed E-state index contributed by atoms with van der Waals surface area (Å²) in [5, 5.41) is 7.17. The van der Waals surface area contributed by atoms with Crippen LogP contribution in [0.25, 0.3) is 16.3 Å². The van der Waals surface area contributed by atoms with E-state index >= 15 is 0 Å². The lowest BCUT2D eigenvalue weighted by atomic mass is 9.68. The Hall–Kier alpha value is -2.31. The van der Waals surface area contributed by atoms with Crippen molar-refractivity contribution in [1.82, 2.24) is 0 Å². The second kappa shape index (κ2) is 10.3. The van der Waals surface area contributed by atoms with Crippen molar-refractivity contribution in [2.75, 3.05) is 5.32 Å². The normalized spacial score (nSPS) is 18.0. The number of carbonyl (C=O) groups excluding carboxylic acids is 1. The van der Waals surface area contributed by atoms with Crippen molar-refractivity contribution in [3.05, 3.63) is 108 Å². The van der Waals surface area contributed by atoms with Crippen LogP contribution in [0.4, 0.5) is 5.69 Å². The van der Waals surface area contributed by atoms with Crippen LogP contribution in [0.1, 0.15) is 49.4 Å². The van der Waals surface area contributed by atoms with Gasteiger partial charge in [-0.25, -0.2) is 0 Å². The Labute approximate surface area is 254 Å². The molecule has 198 valence electrons. The second-order valence-corrected chi connectivity index (χ2v) is 13.6. The van der Waals surface area contributed by atoms with Crippen LogP contribution in [0.15, 0.2) is 81.2 Å². The molecule has 0 radical (unpaired) electrons. The van der Waals surface area contributed by atoms with E-state index in [0.717, 1.165) is 59.7 Å². The van der Waals surface area contributed by atoms with Gasteiger partial charge in [-0.1, -0.05) is 89.4 Å². The number of ether oxygens (including phenoxy) is 1. The van der Waals surface area contributed by atoms with E-state index in [1.54, 1.807) is 12.1 Å². The number of hydrogen-bond acceptors (Lipinski definition) is 3. The van der Waals surface area contributed by atoms with Gasteiger partial charge in [0, 0.05) is 48.9 Å². The number of anilines is 1. The zero-order valence-corrected chi connectivity index (χ0v) is 26.1. The van der Waals surface area contributed by atoms with Crippen molar-refractivity contribution in [3.63, 3.8) is 0 Å². The first kappa shape index (κ1) is 26.9. The first-order valence-corrected chi connectivity index (χ1v) is 15.1. The Kier molecular flexibility index (Phi) is 7.08. The molecule has 6 rings (SSSR count). The summed E-state index contributed by atoms with van der Waals surface area (Å²) in [6.45, 7) is 4.61. The fourth-order valence-electron chi connectivity index (χ4n) is 5.81. The molecule has 1 aliphatic carbocycles. The van der Waals surface area contributed by atoms with Gasteiger partial charge in [0.25, 0.3) is 0 Å². The maximum atomic E-state index is 13.9. The van der Waals surface area contributed by atoms with Gasteiger partial charge in [-0.2, -0.15) is 0 Å². The third-order valence-electron chi connectivity index (χ3n) is 7.47. The summed E-state index contributed by atoms with van der Waals surface area (Å²) in [6.07, 6.45) is 1.31. The Morgan fingerprint density at radius 3 is 2.59 bits per heavy atom. The third kappa shape index (κ3) is 5.04. The van der Waals surface area contributed by atoms with E-state index in [1.807, 2.05) is 18.2 Å². The minimum Gasteiger partial charge on any atom is -0.487 e. The molecule has 1 N–H and O–H groups in total. The van der Waals surface area contributed by atoms with Gasteiger partial charge in [-0.15, -0.1) is 0 Å². The van der Waals surface area contributed by atoms with Crippen LogP contribution < -0.4 is 10.1 Å². The van der Waals surface area contributed by atoms with E-state index in [0.29, 0.717) is 22.2 Å². The molecule has 1 atom stereocenters. The van der Waals surface area contributed by atoms with Gasteiger partial charge in [0.15, 0.2) is 5.78 Å². The Balaban J connectivity index is 1.52. The molecule has 0 saturated heterocycles. The number of rotatable bonds is 4. The summed E-state index contributed by atoms with van der Waals surface area (Å²) >= 11 is 19.9. The van der Waals surface area contributed by atoms with Crippen molar-refractivity contribution in [2.24, 2.45) is 5.41 Å². The standard InChI is InChI=1S/C32H25Br2Cl2NO2/c1-32(2)14-23-28-21-6-4-3-5-17(21)8-10-26(28)37-30(29(23)27(38)15-32)22-11-19(33)12-24(34)31(22)39-16-18-7-9-20(35)13-25(18)36/h3-13,30,37H,14-16H2,1-2H3. The molecule has 1 aliphatic heterocycles. The summed E-state index contributed by atoms with van der Waals surface area (Å²) < 4.78 is 8.10. The minimum atomic E-state index is -0.373. The topological polar surface area (TPSA) is 38.3 Å². The summed E-state index contributed by atoms with van der Waals surface area (Å²) in [4.78, 5) is 13.9. The van der Waals surface area contributed by atoms with Crippen LogP contribution in [0.5, 0.6) is 5.75 Å². The number of ketones is 1. The number of hydrogen-bond donors (Lipinski definition) is 1. The highest BCUT2D eigenvalue weighted by Crippen LogP contribution is 2.53. The van der Waals surface area contributed by atoms with E-state index < -0.39 is 0 Å². The number of fused-ring (bicyclic) bond motifs is 4. The Bertz CT molecular complexity index is 1700. The van der Waals surface area contributed by atoms with Crippen LogP contribution in [0, 0.1) is 5.41 Å². The van der Waals surface area contributed by atoms with Gasteiger partial charge >= 0.3 is 0 Å². The average Bonchev–Trinajstić information content (AvgIpc) is 2.87. The lowest BCUT2D eigenvalue weighted by Gasteiger charge is -2.40. The summed E-state index contributed by atoms with van der Waals surface area (Å²) in [7, 11) is 0. The van der Waals surface area contributed by atoms with Gasteiger partial charge < -0.3 is 10.1 Å². The smallest absolute Gasteiger partial charge is 0.162 e. The third-order valence-corrected chi connectivity index (χ3v) is 9.11. The molecule has 0 aromatic heterocycles. The number of Topliss-reactive ketones (excluding diaryl/α,β-unsaturated/α-hetero) is 1. The predicted molar refractivity (Wildman–Crippen MR) is 168 cm³/mol. The maximum Gasteiger partial charge on any atom is 0.162 e. The van der Waals surface area contributed by atoms with Crippen molar-refractivity contribution < 1.29 is 9.53 Å². The summed E-state index contributed by atoms with van der Waals surface area (Å²) in [6, 6.07) is 21.6. The van der Waals surface area contributed by atoms with Gasteiger partial charge in [0.05, 0.1) is 10.5 Å². The maximum absolute atomic E-state index is 13.9. The lowest BCUT2D eigenvalue weighted by molar-refractivity contribution is -0.118. The second-order valence-electron chi connectivity index (χ2n) is 11.0. The molecule has 0 amide bonds. The molecule has 2 aliphatic rings.